The highest BCUT2D eigenvalue weighted by molar-refractivity contribution is 5.88. The number of carboxylic acids is 1. The van der Waals surface area contributed by atoms with Crippen molar-refractivity contribution < 1.29 is 28.2 Å². The molecule has 0 aliphatic heterocycles. The molecule has 2 aromatic carbocycles. The number of rotatable bonds is 6. The summed E-state index contributed by atoms with van der Waals surface area (Å²) >= 11 is 0. The summed E-state index contributed by atoms with van der Waals surface area (Å²) in [5.74, 6) is -4.00. The second-order valence-corrected chi connectivity index (χ2v) is 5.01. The molecule has 0 aromatic heterocycles. The predicted molar refractivity (Wildman–Crippen MR) is 87.0 cm³/mol. The summed E-state index contributed by atoms with van der Waals surface area (Å²) in [6.45, 7) is 0.209. The summed E-state index contributed by atoms with van der Waals surface area (Å²) in [6, 6.07) is 10.9. The average molecular weight is 347 g/mol. The Morgan fingerprint density at radius 2 is 1.76 bits per heavy atom. The van der Waals surface area contributed by atoms with Crippen LogP contribution in [0.1, 0.15) is 21.5 Å². The summed E-state index contributed by atoms with van der Waals surface area (Å²) < 4.78 is 32.0. The van der Waals surface area contributed by atoms with Gasteiger partial charge in [-0.15, -0.1) is 0 Å². The topological polar surface area (TPSA) is 75.6 Å². The molecule has 0 aliphatic rings. The molecule has 0 fully saturated rings. The Morgan fingerprint density at radius 3 is 2.36 bits per heavy atom. The standard InChI is InChI=1S/C18H15F2NO4/c19-14-9-13(10-15(20)16(14)17(22)23)7-4-8-21-18(24)25-11-12-5-2-1-3-6-12/h1-7,9-10H,8,11H2,(H,21,24)(H,22,23). The highest BCUT2D eigenvalue weighted by Gasteiger charge is 2.16. The number of carbonyl (C=O) groups excluding carboxylic acids is 1. The molecule has 25 heavy (non-hydrogen) atoms. The van der Waals surface area contributed by atoms with E-state index in [0.717, 1.165) is 17.7 Å². The molecule has 0 saturated heterocycles. The van der Waals surface area contributed by atoms with Gasteiger partial charge >= 0.3 is 12.1 Å². The van der Waals surface area contributed by atoms with Crippen LogP contribution in [-0.4, -0.2) is 23.7 Å². The molecule has 0 bridgehead atoms. The predicted octanol–water partition coefficient (Wildman–Crippen LogP) is 3.60. The van der Waals surface area contributed by atoms with E-state index in [2.05, 4.69) is 5.32 Å². The molecule has 2 aromatic rings. The maximum atomic E-state index is 13.5. The smallest absolute Gasteiger partial charge is 0.407 e. The minimum Gasteiger partial charge on any atom is -0.477 e. The monoisotopic (exact) mass is 347 g/mol. The zero-order valence-corrected chi connectivity index (χ0v) is 13.0. The van der Waals surface area contributed by atoms with E-state index < -0.39 is 29.3 Å². The van der Waals surface area contributed by atoms with Crippen LogP contribution in [0.5, 0.6) is 0 Å². The van der Waals surface area contributed by atoms with Crippen molar-refractivity contribution in [1.82, 2.24) is 5.32 Å². The summed E-state index contributed by atoms with van der Waals surface area (Å²) in [5, 5.41) is 11.1. The first-order valence-electron chi connectivity index (χ1n) is 7.31. The lowest BCUT2D eigenvalue weighted by atomic mass is 10.1. The molecule has 2 rings (SSSR count). The third-order valence-electron chi connectivity index (χ3n) is 3.17. The Labute approximate surface area is 142 Å². The third kappa shape index (κ3) is 5.42. The average Bonchev–Trinajstić information content (AvgIpc) is 2.57. The van der Waals surface area contributed by atoms with Crippen molar-refractivity contribution in [2.75, 3.05) is 6.54 Å². The van der Waals surface area contributed by atoms with Crippen molar-refractivity contribution in [3.63, 3.8) is 0 Å². The van der Waals surface area contributed by atoms with Crippen LogP contribution >= 0.6 is 0 Å². The van der Waals surface area contributed by atoms with Crippen LogP contribution in [0.4, 0.5) is 13.6 Å². The van der Waals surface area contributed by atoms with E-state index in [0.29, 0.717) is 0 Å². The zero-order chi connectivity index (χ0) is 18.2. The maximum absolute atomic E-state index is 13.5. The fraction of sp³-hybridized carbons (Fsp3) is 0.111. The number of aromatic carboxylic acids is 1. The molecule has 0 radical (unpaired) electrons. The number of ether oxygens (including phenoxy) is 1. The lowest BCUT2D eigenvalue weighted by molar-refractivity contribution is 0.0686. The molecule has 130 valence electrons. The van der Waals surface area contributed by atoms with Gasteiger partial charge in [-0.1, -0.05) is 42.5 Å². The van der Waals surface area contributed by atoms with E-state index in [-0.39, 0.29) is 18.7 Å². The van der Waals surface area contributed by atoms with Crippen LogP contribution < -0.4 is 5.32 Å². The maximum Gasteiger partial charge on any atom is 0.407 e. The van der Waals surface area contributed by atoms with Gasteiger partial charge in [-0.3, -0.25) is 0 Å². The Kier molecular flexibility index (Phi) is 6.22. The highest BCUT2D eigenvalue weighted by atomic mass is 19.1. The molecule has 1 amide bonds. The Balaban J connectivity index is 1.83. The number of benzene rings is 2. The SMILES string of the molecule is O=C(NCC=Cc1cc(F)c(C(=O)O)c(F)c1)OCc1ccccc1. The third-order valence-corrected chi connectivity index (χ3v) is 3.17. The molecule has 5 nitrogen and oxygen atoms in total. The minimum absolute atomic E-state index is 0.0809. The highest BCUT2D eigenvalue weighted by Crippen LogP contribution is 2.16. The Morgan fingerprint density at radius 1 is 1.12 bits per heavy atom. The lowest BCUT2D eigenvalue weighted by Gasteiger charge is -2.05. The Bertz CT molecular complexity index is 768. The molecule has 7 heteroatoms. The van der Waals surface area contributed by atoms with Crippen LogP contribution in [0.25, 0.3) is 6.08 Å². The summed E-state index contributed by atoms with van der Waals surface area (Å²) in [4.78, 5) is 22.2. The van der Waals surface area contributed by atoms with Crippen molar-refractivity contribution in [1.29, 1.82) is 0 Å². The van der Waals surface area contributed by atoms with Gasteiger partial charge in [0.05, 0.1) is 0 Å². The van der Waals surface area contributed by atoms with Crippen molar-refractivity contribution in [3.8, 4) is 0 Å². The number of halogens is 2. The molecular weight excluding hydrogens is 332 g/mol. The fourth-order valence-electron chi connectivity index (χ4n) is 2.00. The largest absolute Gasteiger partial charge is 0.477 e. The number of alkyl carbamates (subject to hydrolysis) is 1. The van der Waals surface area contributed by atoms with E-state index in [1.165, 1.54) is 12.2 Å². The Hall–Kier alpha value is -3.22. The molecular formula is C18H15F2NO4. The number of amides is 1. The number of carboxylic acid groups (broad SMARTS) is 1. The molecule has 0 aliphatic carbocycles. The first kappa shape index (κ1) is 18.1. The van der Waals surface area contributed by atoms with Crippen LogP contribution in [-0.2, 0) is 11.3 Å². The van der Waals surface area contributed by atoms with Gasteiger partial charge in [-0.05, 0) is 23.3 Å². The van der Waals surface area contributed by atoms with E-state index in [4.69, 9.17) is 9.84 Å². The van der Waals surface area contributed by atoms with E-state index in [1.54, 1.807) is 0 Å². The van der Waals surface area contributed by atoms with Crippen molar-refractivity contribution in [3.05, 3.63) is 76.9 Å². The molecule has 0 atom stereocenters. The van der Waals surface area contributed by atoms with Gasteiger partial charge in [-0.25, -0.2) is 18.4 Å². The van der Waals surface area contributed by atoms with Crippen molar-refractivity contribution >= 4 is 18.1 Å². The molecule has 0 spiro atoms. The van der Waals surface area contributed by atoms with E-state index >= 15 is 0 Å². The molecule has 2 N–H and O–H groups in total. The van der Waals surface area contributed by atoms with Crippen LogP contribution in [0.2, 0.25) is 0 Å². The number of nitrogens with one attached hydrogen (secondary N) is 1. The first-order valence-corrected chi connectivity index (χ1v) is 7.31. The normalized spacial score (nSPS) is 10.6. The van der Waals surface area contributed by atoms with Gasteiger partial charge in [-0.2, -0.15) is 0 Å². The first-order chi connectivity index (χ1) is 12.0. The molecule has 0 heterocycles. The van der Waals surface area contributed by atoms with Gasteiger partial charge in [0.25, 0.3) is 0 Å². The van der Waals surface area contributed by atoms with Crippen molar-refractivity contribution in [2.24, 2.45) is 0 Å². The van der Waals surface area contributed by atoms with E-state index in [9.17, 15) is 18.4 Å². The number of carbonyl (C=O) groups is 2. The van der Waals surface area contributed by atoms with E-state index in [1.807, 2.05) is 30.3 Å². The quantitative estimate of drug-likeness (QED) is 0.837. The minimum atomic E-state index is -1.67. The van der Waals surface area contributed by atoms with Crippen LogP contribution in [0, 0.1) is 11.6 Å². The number of hydrogen-bond donors (Lipinski definition) is 2. The van der Waals surface area contributed by atoms with Crippen LogP contribution in [0.3, 0.4) is 0 Å². The van der Waals surface area contributed by atoms with Gasteiger partial charge < -0.3 is 15.2 Å². The number of hydrogen-bond acceptors (Lipinski definition) is 3. The summed E-state index contributed by atoms with van der Waals surface area (Å²) in [7, 11) is 0. The zero-order valence-electron chi connectivity index (χ0n) is 13.0. The second-order valence-electron chi connectivity index (χ2n) is 5.01. The van der Waals surface area contributed by atoms with Gasteiger partial charge in [0.1, 0.15) is 23.8 Å². The van der Waals surface area contributed by atoms with Gasteiger partial charge in [0, 0.05) is 6.54 Å². The lowest BCUT2D eigenvalue weighted by Crippen LogP contribution is -2.24. The second kappa shape index (κ2) is 8.58. The van der Waals surface area contributed by atoms with Crippen molar-refractivity contribution in [2.45, 2.75) is 6.61 Å². The van der Waals surface area contributed by atoms with Gasteiger partial charge in [0.2, 0.25) is 0 Å². The molecule has 0 saturated carbocycles. The summed E-state index contributed by atoms with van der Waals surface area (Å²) in [5.41, 5.74) is -0.0168. The van der Waals surface area contributed by atoms with Crippen LogP contribution in [0.15, 0.2) is 48.5 Å². The molecule has 0 unspecified atom stereocenters. The summed E-state index contributed by atoms with van der Waals surface area (Å²) in [6.07, 6.45) is 2.18. The fourth-order valence-corrected chi connectivity index (χ4v) is 2.00. The van der Waals surface area contributed by atoms with Gasteiger partial charge in [0.15, 0.2) is 0 Å².